The quantitative estimate of drug-likeness (QED) is 0.845. The molecule has 98 valence electrons. The zero-order valence-corrected chi connectivity index (χ0v) is 11.5. The first-order chi connectivity index (χ1) is 8.31. The Hall–Kier alpha value is -1.62. The fourth-order valence-corrected chi connectivity index (χ4v) is 1.92. The Balaban J connectivity index is 2.85. The molecule has 0 saturated carbocycles. The molecule has 0 bridgehead atoms. The number of carbonyl (C=O) groups excluding carboxylic acids is 1. The van der Waals surface area contributed by atoms with Crippen LogP contribution >= 0.6 is 0 Å². The number of sulfonamides is 1. The van der Waals surface area contributed by atoms with Gasteiger partial charge in [-0.15, -0.1) is 0 Å². The van der Waals surface area contributed by atoms with Crippen molar-refractivity contribution in [2.75, 3.05) is 6.26 Å². The molecule has 18 heavy (non-hydrogen) atoms. The maximum Gasteiger partial charge on any atom is 0.257 e. The first-order valence-electron chi connectivity index (χ1n) is 5.61. The minimum absolute atomic E-state index is 0.630. The monoisotopic (exact) mass is 267 g/mol. The van der Waals surface area contributed by atoms with Gasteiger partial charge in [0.25, 0.3) is 5.91 Å². The fourth-order valence-electron chi connectivity index (χ4n) is 1.50. The van der Waals surface area contributed by atoms with Crippen molar-refractivity contribution in [1.29, 1.82) is 0 Å². The van der Waals surface area contributed by atoms with Crippen molar-refractivity contribution in [2.45, 2.75) is 20.3 Å². The van der Waals surface area contributed by atoms with E-state index in [2.05, 4.69) is 6.92 Å². The van der Waals surface area contributed by atoms with Crippen LogP contribution in [0.3, 0.4) is 0 Å². The minimum atomic E-state index is -3.51. The summed E-state index contributed by atoms with van der Waals surface area (Å²) in [6.07, 6.45) is 3.18. The molecule has 0 spiro atoms. The van der Waals surface area contributed by atoms with E-state index in [1.54, 1.807) is 6.92 Å². The predicted octanol–water partition coefficient (Wildman–Crippen LogP) is 1.73. The first-order valence-corrected chi connectivity index (χ1v) is 7.50. The molecule has 1 aromatic carbocycles. The van der Waals surface area contributed by atoms with E-state index in [1.165, 1.54) is 11.6 Å². The highest BCUT2D eigenvalue weighted by molar-refractivity contribution is 7.89. The zero-order chi connectivity index (χ0) is 13.8. The number of rotatable bonds is 4. The zero-order valence-electron chi connectivity index (χ0n) is 10.7. The summed E-state index contributed by atoms with van der Waals surface area (Å²) in [6, 6.07) is 7.80. The Morgan fingerprint density at radius 2 is 1.83 bits per heavy atom. The summed E-state index contributed by atoms with van der Waals surface area (Å²) in [5, 5.41) is 0. The SMILES string of the molecule is CCc1ccc(/C(C)=C/C(=O)NS(C)(=O)=O)cc1. The van der Waals surface area contributed by atoms with E-state index >= 15 is 0 Å². The molecule has 0 aliphatic rings. The van der Waals surface area contributed by atoms with E-state index in [9.17, 15) is 13.2 Å². The smallest absolute Gasteiger partial charge is 0.257 e. The van der Waals surface area contributed by atoms with E-state index in [0.717, 1.165) is 23.8 Å². The van der Waals surface area contributed by atoms with E-state index in [0.29, 0.717) is 0 Å². The summed E-state index contributed by atoms with van der Waals surface area (Å²) in [5.74, 6) is -0.630. The van der Waals surface area contributed by atoms with Crippen LogP contribution in [0.1, 0.15) is 25.0 Å². The van der Waals surface area contributed by atoms with Crippen molar-refractivity contribution in [1.82, 2.24) is 4.72 Å². The van der Waals surface area contributed by atoms with Gasteiger partial charge in [0.2, 0.25) is 10.0 Å². The molecule has 0 aliphatic heterocycles. The van der Waals surface area contributed by atoms with Crippen LogP contribution in [0, 0.1) is 0 Å². The topological polar surface area (TPSA) is 63.2 Å². The van der Waals surface area contributed by atoms with Crippen LogP contribution in [0.2, 0.25) is 0 Å². The highest BCUT2D eigenvalue weighted by Crippen LogP contribution is 2.14. The second-order valence-electron chi connectivity index (χ2n) is 4.12. The van der Waals surface area contributed by atoms with Crippen molar-refractivity contribution >= 4 is 21.5 Å². The number of aryl methyl sites for hydroxylation is 1. The Morgan fingerprint density at radius 3 is 2.28 bits per heavy atom. The van der Waals surface area contributed by atoms with Gasteiger partial charge in [-0.2, -0.15) is 0 Å². The molecule has 0 heterocycles. The minimum Gasteiger partial charge on any atom is -0.269 e. The second kappa shape index (κ2) is 5.82. The molecule has 0 saturated heterocycles. The molecule has 0 unspecified atom stereocenters. The summed E-state index contributed by atoms with van der Waals surface area (Å²) in [5.41, 5.74) is 2.83. The van der Waals surface area contributed by atoms with Gasteiger partial charge in [-0.05, 0) is 30.0 Å². The molecule has 5 heteroatoms. The lowest BCUT2D eigenvalue weighted by molar-refractivity contribution is -0.114. The summed E-state index contributed by atoms with van der Waals surface area (Å²) in [6.45, 7) is 3.83. The molecule has 1 N–H and O–H groups in total. The predicted molar refractivity (Wildman–Crippen MR) is 72.5 cm³/mol. The molecule has 0 aromatic heterocycles. The van der Waals surface area contributed by atoms with Crippen molar-refractivity contribution in [2.24, 2.45) is 0 Å². The van der Waals surface area contributed by atoms with E-state index in [1.807, 2.05) is 29.0 Å². The van der Waals surface area contributed by atoms with Gasteiger partial charge >= 0.3 is 0 Å². The molecule has 1 amide bonds. The normalized spacial score (nSPS) is 12.3. The van der Waals surface area contributed by atoms with Crippen LogP contribution in [-0.4, -0.2) is 20.6 Å². The molecule has 4 nitrogen and oxygen atoms in total. The lowest BCUT2D eigenvalue weighted by Crippen LogP contribution is -2.27. The Labute approximate surface area is 108 Å². The highest BCUT2D eigenvalue weighted by Gasteiger charge is 2.06. The van der Waals surface area contributed by atoms with Gasteiger partial charge < -0.3 is 0 Å². The Morgan fingerprint density at radius 1 is 1.28 bits per heavy atom. The van der Waals surface area contributed by atoms with Gasteiger partial charge in [-0.25, -0.2) is 13.1 Å². The summed E-state index contributed by atoms with van der Waals surface area (Å²) < 4.78 is 23.7. The fraction of sp³-hybridized carbons (Fsp3) is 0.308. The van der Waals surface area contributed by atoms with Crippen LogP contribution < -0.4 is 4.72 Å². The van der Waals surface area contributed by atoms with Gasteiger partial charge in [0.1, 0.15) is 0 Å². The van der Waals surface area contributed by atoms with Gasteiger partial charge in [-0.3, -0.25) is 4.79 Å². The maximum absolute atomic E-state index is 11.4. The number of amides is 1. The molecule has 0 aliphatic carbocycles. The van der Waals surface area contributed by atoms with Crippen molar-refractivity contribution in [3.63, 3.8) is 0 Å². The first kappa shape index (κ1) is 14.4. The molecule has 1 aromatic rings. The Kier molecular flexibility index (Phi) is 4.67. The van der Waals surface area contributed by atoms with Gasteiger partial charge in [0.05, 0.1) is 6.26 Å². The van der Waals surface area contributed by atoms with Crippen LogP contribution in [0.4, 0.5) is 0 Å². The third kappa shape index (κ3) is 4.71. The van der Waals surface area contributed by atoms with E-state index < -0.39 is 15.9 Å². The standard InChI is InChI=1S/C13H17NO3S/c1-4-11-5-7-12(8-6-11)10(2)9-13(15)14-18(3,16)17/h5-9H,4H2,1-3H3,(H,14,15)/b10-9+. The molecular formula is C13H17NO3S. The molecular weight excluding hydrogens is 250 g/mol. The lowest BCUT2D eigenvalue weighted by atomic mass is 10.0. The Bertz CT molecular complexity index is 556. The van der Waals surface area contributed by atoms with E-state index in [4.69, 9.17) is 0 Å². The number of carbonyl (C=O) groups is 1. The number of hydrogen-bond donors (Lipinski definition) is 1. The van der Waals surface area contributed by atoms with Crippen molar-refractivity contribution < 1.29 is 13.2 Å². The van der Waals surface area contributed by atoms with Gasteiger partial charge in [0.15, 0.2) is 0 Å². The van der Waals surface area contributed by atoms with Gasteiger partial charge in [-0.1, -0.05) is 31.2 Å². The lowest BCUT2D eigenvalue weighted by Gasteiger charge is -2.04. The molecule has 0 radical (unpaired) electrons. The molecule has 0 atom stereocenters. The number of nitrogens with one attached hydrogen (secondary N) is 1. The van der Waals surface area contributed by atoms with Crippen molar-refractivity contribution in [3.05, 3.63) is 41.5 Å². The largest absolute Gasteiger partial charge is 0.269 e. The van der Waals surface area contributed by atoms with Crippen LogP contribution in [-0.2, 0) is 21.2 Å². The van der Waals surface area contributed by atoms with Crippen LogP contribution in [0.15, 0.2) is 30.3 Å². The number of benzene rings is 1. The third-order valence-corrected chi connectivity index (χ3v) is 3.02. The summed E-state index contributed by atoms with van der Waals surface area (Å²) in [7, 11) is -3.51. The summed E-state index contributed by atoms with van der Waals surface area (Å²) >= 11 is 0. The van der Waals surface area contributed by atoms with Crippen LogP contribution in [0.5, 0.6) is 0 Å². The third-order valence-electron chi connectivity index (χ3n) is 2.45. The second-order valence-corrected chi connectivity index (χ2v) is 5.86. The highest BCUT2D eigenvalue weighted by atomic mass is 32.2. The summed E-state index contributed by atoms with van der Waals surface area (Å²) in [4.78, 5) is 11.4. The van der Waals surface area contributed by atoms with Crippen molar-refractivity contribution in [3.8, 4) is 0 Å². The van der Waals surface area contributed by atoms with Crippen LogP contribution in [0.25, 0.3) is 5.57 Å². The van der Waals surface area contributed by atoms with Gasteiger partial charge in [0, 0.05) is 6.08 Å². The van der Waals surface area contributed by atoms with E-state index in [-0.39, 0.29) is 0 Å². The molecule has 1 rings (SSSR count). The maximum atomic E-state index is 11.4. The average Bonchev–Trinajstić information content (AvgIpc) is 2.26. The molecule has 0 fully saturated rings. The number of hydrogen-bond acceptors (Lipinski definition) is 3. The average molecular weight is 267 g/mol. The number of allylic oxidation sites excluding steroid dienone is 1.